The Kier molecular flexibility index (Phi) is 3.24. The van der Waals surface area contributed by atoms with E-state index in [0.29, 0.717) is 0 Å². The molecule has 19 heavy (non-hydrogen) atoms. The molecule has 0 radical (unpaired) electrons. The van der Waals surface area contributed by atoms with Crippen molar-refractivity contribution in [1.29, 1.82) is 0 Å². The average molecular weight is 255 g/mol. The maximum atomic E-state index is 13.2. The molecule has 2 aromatic carbocycles. The van der Waals surface area contributed by atoms with Gasteiger partial charge >= 0.3 is 0 Å². The van der Waals surface area contributed by atoms with Crippen LogP contribution in [0.1, 0.15) is 28.7 Å². The number of hydrogen-bond acceptors (Lipinski definition) is 1. The molecule has 0 bridgehead atoms. The van der Waals surface area contributed by atoms with Crippen molar-refractivity contribution in [2.24, 2.45) is 0 Å². The summed E-state index contributed by atoms with van der Waals surface area (Å²) < 4.78 is 13.2. The number of rotatable bonds is 3. The smallest absolute Gasteiger partial charge is 0.125 e. The summed E-state index contributed by atoms with van der Waals surface area (Å²) in [6.45, 7) is 2.74. The lowest BCUT2D eigenvalue weighted by Gasteiger charge is -2.11. The summed E-state index contributed by atoms with van der Waals surface area (Å²) in [4.78, 5) is 0. The van der Waals surface area contributed by atoms with Crippen LogP contribution in [-0.4, -0.2) is 0 Å². The molecule has 0 amide bonds. The fraction of sp³-hybridized carbons (Fsp3) is 0.294. The zero-order valence-corrected chi connectivity index (χ0v) is 11.2. The highest BCUT2D eigenvalue weighted by Gasteiger charge is 2.10. The Balaban J connectivity index is 1.74. The minimum absolute atomic E-state index is 0.193. The number of halogens is 1. The van der Waals surface area contributed by atoms with Crippen molar-refractivity contribution >= 4 is 5.69 Å². The van der Waals surface area contributed by atoms with Crippen LogP contribution in [-0.2, 0) is 19.4 Å². The molecular weight excluding hydrogens is 237 g/mol. The van der Waals surface area contributed by atoms with Crippen LogP contribution in [0.2, 0.25) is 0 Å². The lowest BCUT2D eigenvalue weighted by Crippen LogP contribution is -2.02. The van der Waals surface area contributed by atoms with E-state index in [4.69, 9.17) is 0 Å². The highest BCUT2D eigenvalue weighted by molar-refractivity contribution is 5.51. The first-order valence-electron chi connectivity index (χ1n) is 6.83. The van der Waals surface area contributed by atoms with Gasteiger partial charge in [-0.25, -0.2) is 4.39 Å². The molecule has 1 aliphatic carbocycles. The van der Waals surface area contributed by atoms with Crippen molar-refractivity contribution in [2.75, 3.05) is 5.32 Å². The number of nitrogens with one attached hydrogen (secondary N) is 1. The van der Waals surface area contributed by atoms with E-state index in [9.17, 15) is 4.39 Å². The minimum Gasteiger partial charge on any atom is -0.381 e. The second-order valence-electron chi connectivity index (χ2n) is 5.27. The number of aryl methyl sites for hydroxylation is 3. The van der Waals surface area contributed by atoms with Crippen molar-refractivity contribution in [1.82, 2.24) is 0 Å². The first-order valence-corrected chi connectivity index (χ1v) is 6.83. The van der Waals surface area contributed by atoms with E-state index in [0.717, 1.165) is 17.8 Å². The summed E-state index contributed by atoms with van der Waals surface area (Å²) in [5, 5.41) is 3.32. The van der Waals surface area contributed by atoms with Crippen LogP contribution in [0.5, 0.6) is 0 Å². The third-order valence-corrected chi connectivity index (χ3v) is 3.85. The Bertz CT molecular complexity index is 604. The molecule has 0 saturated heterocycles. The molecule has 0 spiro atoms. The molecule has 98 valence electrons. The van der Waals surface area contributed by atoms with Gasteiger partial charge in [0.2, 0.25) is 0 Å². The van der Waals surface area contributed by atoms with Gasteiger partial charge in [-0.05, 0) is 60.6 Å². The molecule has 1 N–H and O–H groups in total. The Hall–Kier alpha value is -1.83. The van der Waals surface area contributed by atoms with Crippen LogP contribution in [0.25, 0.3) is 0 Å². The molecule has 0 saturated carbocycles. The maximum absolute atomic E-state index is 13.2. The fourth-order valence-corrected chi connectivity index (χ4v) is 2.72. The fourth-order valence-electron chi connectivity index (χ4n) is 2.72. The van der Waals surface area contributed by atoms with Gasteiger partial charge in [-0.2, -0.15) is 0 Å². The van der Waals surface area contributed by atoms with E-state index < -0.39 is 0 Å². The van der Waals surface area contributed by atoms with Crippen molar-refractivity contribution in [2.45, 2.75) is 32.7 Å². The summed E-state index contributed by atoms with van der Waals surface area (Å²) in [5.74, 6) is -0.193. The zero-order valence-electron chi connectivity index (χ0n) is 11.2. The van der Waals surface area contributed by atoms with Crippen molar-refractivity contribution in [3.05, 3.63) is 64.5 Å². The normalized spacial score (nSPS) is 13.4. The number of anilines is 1. The molecule has 0 heterocycles. The third-order valence-electron chi connectivity index (χ3n) is 3.85. The molecule has 2 aromatic rings. The van der Waals surface area contributed by atoms with Crippen LogP contribution in [0, 0.1) is 12.7 Å². The maximum Gasteiger partial charge on any atom is 0.125 e. The lowest BCUT2D eigenvalue weighted by atomic mass is 10.1. The Morgan fingerprint density at radius 3 is 2.79 bits per heavy atom. The first-order chi connectivity index (χ1) is 9.22. The monoisotopic (exact) mass is 255 g/mol. The van der Waals surface area contributed by atoms with Gasteiger partial charge in [0.1, 0.15) is 5.82 Å². The van der Waals surface area contributed by atoms with E-state index in [1.54, 1.807) is 12.1 Å². The number of benzene rings is 2. The molecule has 1 aliphatic rings. The summed E-state index contributed by atoms with van der Waals surface area (Å²) in [6, 6.07) is 11.5. The van der Waals surface area contributed by atoms with Crippen LogP contribution in [0.15, 0.2) is 36.4 Å². The van der Waals surface area contributed by atoms with E-state index in [1.807, 2.05) is 6.92 Å². The van der Waals surface area contributed by atoms with Gasteiger partial charge in [-0.15, -0.1) is 0 Å². The first kappa shape index (κ1) is 12.2. The molecule has 0 aromatic heterocycles. The van der Waals surface area contributed by atoms with Gasteiger partial charge in [0.15, 0.2) is 0 Å². The summed E-state index contributed by atoms with van der Waals surface area (Å²) >= 11 is 0. The summed E-state index contributed by atoms with van der Waals surface area (Å²) in [5.41, 5.74) is 6.19. The highest BCUT2D eigenvalue weighted by atomic mass is 19.1. The van der Waals surface area contributed by atoms with Crippen LogP contribution in [0.3, 0.4) is 0 Å². The van der Waals surface area contributed by atoms with Crippen LogP contribution in [0.4, 0.5) is 10.1 Å². The molecule has 0 unspecified atom stereocenters. The Labute approximate surface area is 113 Å². The Morgan fingerprint density at radius 2 is 1.89 bits per heavy atom. The topological polar surface area (TPSA) is 12.0 Å². The SMILES string of the molecule is Cc1ccc(F)cc1NCc1ccc2c(c1)CCC2. The molecule has 0 fully saturated rings. The molecule has 2 heteroatoms. The van der Waals surface area contributed by atoms with Gasteiger partial charge in [-0.1, -0.05) is 24.3 Å². The van der Waals surface area contributed by atoms with Gasteiger partial charge in [0.25, 0.3) is 0 Å². The third kappa shape index (κ3) is 2.62. The predicted octanol–water partition coefficient (Wildman–Crippen LogP) is 4.23. The van der Waals surface area contributed by atoms with Crippen LogP contribution >= 0.6 is 0 Å². The van der Waals surface area contributed by atoms with Gasteiger partial charge in [0.05, 0.1) is 0 Å². The molecule has 0 aliphatic heterocycles. The van der Waals surface area contributed by atoms with E-state index in [-0.39, 0.29) is 5.82 Å². The standard InChI is InChI=1S/C17H18FN/c1-12-5-8-16(18)10-17(12)19-11-13-6-7-14-3-2-4-15(14)9-13/h5-10,19H,2-4,11H2,1H3. The second kappa shape index (κ2) is 5.04. The number of fused-ring (bicyclic) bond motifs is 1. The lowest BCUT2D eigenvalue weighted by molar-refractivity contribution is 0.628. The number of hydrogen-bond donors (Lipinski definition) is 1. The van der Waals surface area contributed by atoms with Gasteiger partial charge in [-0.3, -0.25) is 0 Å². The molecule has 1 nitrogen and oxygen atoms in total. The zero-order chi connectivity index (χ0) is 13.2. The quantitative estimate of drug-likeness (QED) is 0.865. The summed E-state index contributed by atoms with van der Waals surface area (Å²) in [6.07, 6.45) is 3.68. The van der Waals surface area contributed by atoms with Gasteiger partial charge < -0.3 is 5.32 Å². The average Bonchev–Trinajstić information content (AvgIpc) is 2.87. The largest absolute Gasteiger partial charge is 0.381 e. The molecule has 0 atom stereocenters. The van der Waals surface area contributed by atoms with Crippen molar-refractivity contribution in [3.63, 3.8) is 0 Å². The molecule has 3 rings (SSSR count). The minimum atomic E-state index is -0.193. The highest BCUT2D eigenvalue weighted by Crippen LogP contribution is 2.23. The summed E-state index contributed by atoms with van der Waals surface area (Å²) in [7, 11) is 0. The van der Waals surface area contributed by atoms with Gasteiger partial charge in [0, 0.05) is 12.2 Å². The Morgan fingerprint density at radius 1 is 1.05 bits per heavy atom. The van der Waals surface area contributed by atoms with E-state index >= 15 is 0 Å². The van der Waals surface area contributed by atoms with E-state index in [2.05, 4.69) is 23.5 Å². The predicted molar refractivity (Wildman–Crippen MR) is 76.9 cm³/mol. The second-order valence-corrected chi connectivity index (χ2v) is 5.27. The van der Waals surface area contributed by atoms with E-state index in [1.165, 1.54) is 42.0 Å². The van der Waals surface area contributed by atoms with Crippen molar-refractivity contribution < 1.29 is 4.39 Å². The van der Waals surface area contributed by atoms with Crippen LogP contribution < -0.4 is 5.32 Å². The molecular formula is C17H18FN. The van der Waals surface area contributed by atoms with Crippen molar-refractivity contribution in [3.8, 4) is 0 Å².